The van der Waals surface area contributed by atoms with E-state index in [0.717, 1.165) is 30.2 Å². The molecule has 1 aliphatic rings. The number of carbonyl (C=O) groups is 1. The van der Waals surface area contributed by atoms with E-state index in [2.05, 4.69) is 10.6 Å². The number of halogens is 1. The van der Waals surface area contributed by atoms with Gasteiger partial charge >= 0.3 is 0 Å². The lowest BCUT2D eigenvalue weighted by molar-refractivity contribution is -0.122. The van der Waals surface area contributed by atoms with Crippen molar-refractivity contribution in [3.8, 4) is 11.5 Å². The molecule has 1 fully saturated rings. The van der Waals surface area contributed by atoms with E-state index in [1.54, 1.807) is 0 Å². The third-order valence-corrected chi connectivity index (χ3v) is 3.82. The van der Waals surface area contributed by atoms with Crippen molar-refractivity contribution in [3.05, 3.63) is 60.2 Å². The fourth-order valence-electron chi connectivity index (χ4n) is 2.55. The molecule has 3 rings (SSSR count). The van der Waals surface area contributed by atoms with Crippen LogP contribution < -0.4 is 15.4 Å². The topological polar surface area (TPSA) is 59.6 Å². The highest BCUT2D eigenvalue weighted by molar-refractivity contribution is 5.85. The van der Waals surface area contributed by atoms with Gasteiger partial charge in [0.15, 0.2) is 0 Å². The van der Waals surface area contributed by atoms with E-state index in [0.29, 0.717) is 19.6 Å². The molecule has 0 bridgehead atoms. The zero-order valence-electron chi connectivity index (χ0n) is 13.9. The summed E-state index contributed by atoms with van der Waals surface area (Å²) in [6.07, 6.45) is 0.440. The van der Waals surface area contributed by atoms with Crippen molar-refractivity contribution in [1.29, 1.82) is 0 Å². The van der Waals surface area contributed by atoms with E-state index in [1.165, 1.54) is 0 Å². The largest absolute Gasteiger partial charge is 0.457 e. The van der Waals surface area contributed by atoms with Gasteiger partial charge in [0.05, 0.1) is 13.2 Å². The highest BCUT2D eigenvalue weighted by Gasteiger charge is 2.16. The molecule has 6 heteroatoms. The Labute approximate surface area is 154 Å². The number of para-hydroxylation sites is 1. The Kier molecular flexibility index (Phi) is 7.73. The van der Waals surface area contributed by atoms with Crippen LogP contribution in [-0.2, 0) is 16.1 Å². The van der Waals surface area contributed by atoms with Gasteiger partial charge in [-0.2, -0.15) is 0 Å². The predicted molar refractivity (Wildman–Crippen MR) is 99.3 cm³/mol. The zero-order valence-corrected chi connectivity index (χ0v) is 14.8. The van der Waals surface area contributed by atoms with Crippen molar-refractivity contribution in [2.75, 3.05) is 19.8 Å². The minimum atomic E-state index is 0. The molecule has 0 radical (unpaired) electrons. The summed E-state index contributed by atoms with van der Waals surface area (Å²) in [6, 6.07) is 17.5. The number of nitrogens with one attached hydrogen (secondary N) is 2. The molecular weight excluding hydrogens is 340 g/mol. The molecule has 0 spiro atoms. The van der Waals surface area contributed by atoms with Crippen LogP contribution in [0.2, 0.25) is 0 Å². The predicted octanol–water partition coefficient (Wildman–Crippen LogP) is 2.90. The average Bonchev–Trinajstić information content (AvgIpc) is 2.63. The summed E-state index contributed by atoms with van der Waals surface area (Å²) in [6.45, 7) is 2.63. The van der Waals surface area contributed by atoms with Crippen LogP contribution in [0.3, 0.4) is 0 Å². The van der Waals surface area contributed by atoms with E-state index in [-0.39, 0.29) is 24.4 Å². The van der Waals surface area contributed by atoms with E-state index >= 15 is 0 Å². The standard InChI is InChI=1S/C19H22N2O3.ClH/c22-19(12-16-14-23-11-10-20-16)21-13-15-6-8-18(9-7-15)24-17-4-2-1-3-5-17;/h1-9,16,20H,10-14H2,(H,21,22);1H. The van der Waals surface area contributed by atoms with E-state index in [4.69, 9.17) is 9.47 Å². The Morgan fingerprint density at radius 3 is 2.52 bits per heavy atom. The maximum Gasteiger partial charge on any atom is 0.221 e. The molecule has 2 aromatic carbocycles. The van der Waals surface area contributed by atoms with Gasteiger partial charge in [0, 0.05) is 25.6 Å². The van der Waals surface area contributed by atoms with Crippen LogP contribution in [0.15, 0.2) is 54.6 Å². The van der Waals surface area contributed by atoms with E-state index < -0.39 is 0 Å². The second-order valence-electron chi connectivity index (χ2n) is 5.77. The van der Waals surface area contributed by atoms with Gasteiger partial charge in [-0.05, 0) is 29.8 Å². The van der Waals surface area contributed by atoms with Gasteiger partial charge < -0.3 is 20.1 Å². The molecule has 1 aliphatic heterocycles. The molecule has 1 saturated heterocycles. The molecule has 2 aromatic rings. The highest BCUT2D eigenvalue weighted by atomic mass is 35.5. The Bertz CT molecular complexity index is 643. The summed E-state index contributed by atoms with van der Waals surface area (Å²) in [5, 5.41) is 6.22. The van der Waals surface area contributed by atoms with Crippen LogP contribution in [-0.4, -0.2) is 31.7 Å². The summed E-state index contributed by atoms with van der Waals surface area (Å²) >= 11 is 0. The van der Waals surface area contributed by atoms with Crippen molar-refractivity contribution >= 4 is 18.3 Å². The molecule has 5 nitrogen and oxygen atoms in total. The van der Waals surface area contributed by atoms with Crippen molar-refractivity contribution in [2.45, 2.75) is 19.0 Å². The second-order valence-corrected chi connectivity index (χ2v) is 5.77. The third kappa shape index (κ3) is 6.38. The zero-order chi connectivity index (χ0) is 16.6. The van der Waals surface area contributed by atoms with Crippen LogP contribution in [0.25, 0.3) is 0 Å². The number of morpholine rings is 1. The molecule has 0 saturated carbocycles. The molecular formula is C19H23ClN2O3. The van der Waals surface area contributed by atoms with Crippen molar-refractivity contribution < 1.29 is 14.3 Å². The summed E-state index contributed by atoms with van der Waals surface area (Å²) in [4.78, 5) is 12.0. The number of benzene rings is 2. The molecule has 1 atom stereocenters. The Balaban J connectivity index is 0.00000225. The number of rotatable bonds is 6. The quantitative estimate of drug-likeness (QED) is 0.829. The van der Waals surface area contributed by atoms with Crippen LogP contribution in [0.1, 0.15) is 12.0 Å². The number of hydrogen-bond acceptors (Lipinski definition) is 4. The highest BCUT2D eigenvalue weighted by Crippen LogP contribution is 2.21. The molecule has 0 aromatic heterocycles. The first kappa shape index (κ1) is 19.2. The lowest BCUT2D eigenvalue weighted by Crippen LogP contribution is -2.44. The Morgan fingerprint density at radius 2 is 1.84 bits per heavy atom. The number of ether oxygens (including phenoxy) is 2. The molecule has 25 heavy (non-hydrogen) atoms. The fourth-order valence-corrected chi connectivity index (χ4v) is 2.55. The normalized spacial score (nSPS) is 16.6. The van der Waals surface area contributed by atoms with Crippen LogP contribution in [0.4, 0.5) is 0 Å². The first-order valence-corrected chi connectivity index (χ1v) is 8.19. The number of hydrogen-bond donors (Lipinski definition) is 2. The Hall–Kier alpha value is -2.08. The lowest BCUT2D eigenvalue weighted by Gasteiger charge is -2.23. The van der Waals surface area contributed by atoms with Crippen molar-refractivity contribution in [3.63, 3.8) is 0 Å². The van der Waals surface area contributed by atoms with Crippen molar-refractivity contribution in [2.24, 2.45) is 0 Å². The molecule has 0 aliphatic carbocycles. The van der Waals surface area contributed by atoms with Crippen LogP contribution >= 0.6 is 12.4 Å². The molecule has 2 N–H and O–H groups in total. The first-order chi connectivity index (χ1) is 11.8. The van der Waals surface area contributed by atoms with Gasteiger partial charge in [0.25, 0.3) is 0 Å². The third-order valence-electron chi connectivity index (χ3n) is 3.82. The maximum atomic E-state index is 12.0. The van der Waals surface area contributed by atoms with Gasteiger partial charge in [-0.3, -0.25) is 4.79 Å². The van der Waals surface area contributed by atoms with E-state index in [9.17, 15) is 4.79 Å². The summed E-state index contributed by atoms with van der Waals surface area (Å²) in [5.74, 6) is 1.61. The molecule has 134 valence electrons. The summed E-state index contributed by atoms with van der Waals surface area (Å²) < 4.78 is 11.1. The lowest BCUT2D eigenvalue weighted by atomic mass is 10.1. The SMILES string of the molecule is Cl.O=C(CC1COCCN1)NCc1ccc(Oc2ccccc2)cc1. The minimum absolute atomic E-state index is 0. The number of carbonyl (C=O) groups excluding carboxylic acids is 1. The molecule has 1 heterocycles. The van der Waals surface area contributed by atoms with Crippen LogP contribution in [0.5, 0.6) is 11.5 Å². The van der Waals surface area contributed by atoms with Gasteiger partial charge in [0.1, 0.15) is 11.5 Å². The summed E-state index contributed by atoms with van der Waals surface area (Å²) in [5.41, 5.74) is 1.04. The van der Waals surface area contributed by atoms with Gasteiger partial charge in [-0.25, -0.2) is 0 Å². The second kappa shape index (κ2) is 10.0. The molecule has 1 unspecified atom stereocenters. The summed E-state index contributed by atoms with van der Waals surface area (Å²) in [7, 11) is 0. The molecule has 1 amide bonds. The Morgan fingerprint density at radius 1 is 1.12 bits per heavy atom. The first-order valence-electron chi connectivity index (χ1n) is 8.19. The van der Waals surface area contributed by atoms with E-state index in [1.807, 2.05) is 54.6 Å². The van der Waals surface area contributed by atoms with Gasteiger partial charge in [0.2, 0.25) is 5.91 Å². The van der Waals surface area contributed by atoms with Crippen LogP contribution in [0, 0.1) is 0 Å². The smallest absolute Gasteiger partial charge is 0.221 e. The fraction of sp³-hybridized carbons (Fsp3) is 0.316. The minimum Gasteiger partial charge on any atom is -0.457 e. The average molecular weight is 363 g/mol. The van der Waals surface area contributed by atoms with Gasteiger partial charge in [-0.15, -0.1) is 12.4 Å². The maximum absolute atomic E-state index is 12.0. The van der Waals surface area contributed by atoms with Gasteiger partial charge in [-0.1, -0.05) is 30.3 Å². The monoisotopic (exact) mass is 362 g/mol. The van der Waals surface area contributed by atoms with Crippen molar-refractivity contribution in [1.82, 2.24) is 10.6 Å². The number of amides is 1.